The Morgan fingerprint density at radius 3 is 2.52 bits per heavy atom. The first-order chi connectivity index (χ1) is 9.95. The monoisotopic (exact) mass is 310 g/mol. The van der Waals surface area contributed by atoms with Gasteiger partial charge in [-0.2, -0.15) is 0 Å². The van der Waals surface area contributed by atoms with Crippen LogP contribution >= 0.6 is 11.6 Å². The fourth-order valence-corrected chi connectivity index (χ4v) is 2.91. The number of nitrogens with two attached hydrogens (primary N) is 1. The third-order valence-electron chi connectivity index (χ3n) is 3.84. The number of nitrogens with zero attached hydrogens (tertiary/aromatic N) is 1. The van der Waals surface area contributed by atoms with E-state index in [-0.39, 0.29) is 12.3 Å². The van der Waals surface area contributed by atoms with Gasteiger partial charge in [0, 0.05) is 35.8 Å². The molecular weight excluding hydrogens is 292 g/mol. The van der Waals surface area contributed by atoms with Crippen molar-refractivity contribution >= 4 is 29.2 Å². The molecule has 0 bridgehead atoms. The molecule has 1 aromatic carbocycles. The van der Waals surface area contributed by atoms with Crippen LogP contribution in [0.25, 0.3) is 0 Å². The fraction of sp³-hybridized carbons (Fsp3) is 0.467. The number of amides is 1. The lowest BCUT2D eigenvalue weighted by atomic mass is 9.92. The molecule has 0 aliphatic carbocycles. The summed E-state index contributed by atoms with van der Waals surface area (Å²) in [6, 6.07) is 4.86. The summed E-state index contributed by atoms with van der Waals surface area (Å²) in [6.07, 6.45) is 2.56. The second kappa shape index (κ2) is 6.80. The molecule has 0 spiro atoms. The van der Waals surface area contributed by atoms with E-state index in [0.717, 1.165) is 12.8 Å². The first-order valence-electron chi connectivity index (χ1n) is 7.03. The van der Waals surface area contributed by atoms with Crippen LogP contribution in [0.4, 0.5) is 5.69 Å². The van der Waals surface area contributed by atoms with Crippen LogP contribution in [0.15, 0.2) is 18.2 Å². The predicted molar refractivity (Wildman–Crippen MR) is 81.4 cm³/mol. The molecule has 1 heterocycles. The SMILES string of the molecule is Nc1cc(Cl)cc(C(=O)N2CCC(CCC(=O)O)CC2)c1. The lowest BCUT2D eigenvalue weighted by Crippen LogP contribution is -2.38. The maximum absolute atomic E-state index is 12.4. The molecule has 0 radical (unpaired) electrons. The van der Waals surface area contributed by atoms with E-state index in [2.05, 4.69) is 0 Å². The Morgan fingerprint density at radius 1 is 1.29 bits per heavy atom. The molecule has 1 aromatic rings. The van der Waals surface area contributed by atoms with E-state index in [1.165, 1.54) is 0 Å². The lowest BCUT2D eigenvalue weighted by Gasteiger charge is -2.32. The number of likely N-dealkylation sites (tertiary alicyclic amines) is 1. The minimum atomic E-state index is -0.761. The van der Waals surface area contributed by atoms with E-state index < -0.39 is 5.97 Å². The normalized spacial score (nSPS) is 16.0. The Bertz CT molecular complexity index is 519. The zero-order chi connectivity index (χ0) is 15.4. The van der Waals surface area contributed by atoms with Gasteiger partial charge in [0.15, 0.2) is 0 Å². The van der Waals surface area contributed by atoms with Crippen molar-refractivity contribution in [3.05, 3.63) is 28.8 Å². The van der Waals surface area contributed by atoms with Crippen LogP contribution in [0.5, 0.6) is 0 Å². The molecule has 0 saturated carbocycles. The van der Waals surface area contributed by atoms with Gasteiger partial charge in [-0.25, -0.2) is 0 Å². The second-order valence-corrected chi connectivity index (χ2v) is 5.88. The van der Waals surface area contributed by atoms with Gasteiger partial charge in [0.05, 0.1) is 0 Å². The molecule has 3 N–H and O–H groups in total. The molecule has 6 heteroatoms. The molecule has 1 fully saturated rings. The number of hydrogen-bond donors (Lipinski definition) is 2. The molecular formula is C15H19ClN2O3. The minimum absolute atomic E-state index is 0.0686. The van der Waals surface area contributed by atoms with E-state index in [0.29, 0.717) is 41.7 Å². The number of rotatable bonds is 4. The molecule has 114 valence electrons. The minimum Gasteiger partial charge on any atom is -0.481 e. The van der Waals surface area contributed by atoms with Gasteiger partial charge in [0.1, 0.15) is 0 Å². The van der Waals surface area contributed by atoms with E-state index in [1.54, 1.807) is 23.1 Å². The Labute approximate surface area is 128 Å². The zero-order valence-corrected chi connectivity index (χ0v) is 12.5. The van der Waals surface area contributed by atoms with Gasteiger partial charge in [-0.3, -0.25) is 9.59 Å². The highest BCUT2D eigenvalue weighted by Gasteiger charge is 2.24. The lowest BCUT2D eigenvalue weighted by molar-refractivity contribution is -0.137. The number of hydrogen-bond acceptors (Lipinski definition) is 3. The highest BCUT2D eigenvalue weighted by molar-refractivity contribution is 6.31. The van der Waals surface area contributed by atoms with Crippen LogP contribution < -0.4 is 5.73 Å². The maximum atomic E-state index is 12.4. The highest BCUT2D eigenvalue weighted by atomic mass is 35.5. The van der Waals surface area contributed by atoms with Gasteiger partial charge in [0.2, 0.25) is 0 Å². The molecule has 1 aliphatic heterocycles. The standard InChI is InChI=1S/C15H19ClN2O3/c16-12-7-11(8-13(17)9-12)15(21)18-5-3-10(4-6-18)1-2-14(19)20/h7-10H,1-6,17H2,(H,19,20). The summed E-state index contributed by atoms with van der Waals surface area (Å²) in [5.74, 6) is -0.446. The van der Waals surface area contributed by atoms with Gasteiger partial charge < -0.3 is 15.7 Å². The number of nitrogen functional groups attached to an aromatic ring is 1. The van der Waals surface area contributed by atoms with Gasteiger partial charge in [-0.1, -0.05) is 11.6 Å². The Kier molecular flexibility index (Phi) is 5.07. The summed E-state index contributed by atoms with van der Waals surface area (Å²) < 4.78 is 0. The molecule has 0 unspecified atom stereocenters. The Morgan fingerprint density at radius 2 is 1.95 bits per heavy atom. The number of carboxylic acids is 1. The average molecular weight is 311 g/mol. The summed E-state index contributed by atoms with van der Waals surface area (Å²) >= 11 is 5.92. The third kappa shape index (κ3) is 4.36. The Hall–Kier alpha value is -1.75. The first kappa shape index (κ1) is 15.6. The van der Waals surface area contributed by atoms with E-state index in [4.69, 9.17) is 22.4 Å². The van der Waals surface area contributed by atoms with Crippen LogP contribution in [0.2, 0.25) is 5.02 Å². The molecule has 0 aromatic heterocycles. The van der Waals surface area contributed by atoms with Gasteiger partial charge in [-0.05, 0) is 43.4 Å². The van der Waals surface area contributed by atoms with Crippen LogP contribution in [-0.4, -0.2) is 35.0 Å². The average Bonchev–Trinajstić information content (AvgIpc) is 2.44. The number of carbonyl (C=O) groups excluding carboxylic acids is 1. The van der Waals surface area contributed by atoms with Gasteiger partial charge >= 0.3 is 5.97 Å². The summed E-state index contributed by atoms with van der Waals surface area (Å²) in [5.41, 5.74) is 6.68. The maximum Gasteiger partial charge on any atom is 0.303 e. The molecule has 0 atom stereocenters. The molecule has 21 heavy (non-hydrogen) atoms. The van der Waals surface area contributed by atoms with Crippen LogP contribution in [0.3, 0.4) is 0 Å². The van der Waals surface area contributed by atoms with Crippen molar-refractivity contribution in [1.82, 2.24) is 4.90 Å². The number of carboxylic acid groups (broad SMARTS) is 1. The number of benzene rings is 1. The van der Waals surface area contributed by atoms with Crippen molar-refractivity contribution in [2.45, 2.75) is 25.7 Å². The number of halogens is 1. The third-order valence-corrected chi connectivity index (χ3v) is 4.05. The van der Waals surface area contributed by atoms with E-state index in [9.17, 15) is 9.59 Å². The van der Waals surface area contributed by atoms with E-state index >= 15 is 0 Å². The summed E-state index contributed by atoms with van der Waals surface area (Å²) in [5, 5.41) is 9.15. The van der Waals surface area contributed by atoms with Crippen LogP contribution in [0.1, 0.15) is 36.0 Å². The zero-order valence-electron chi connectivity index (χ0n) is 11.7. The second-order valence-electron chi connectivity index (χ2n) is 5.44. The number of piperidine rings is 1. The summed E-state index contributed by atoms with van der Waals surface area (Å²) in [4.78, 5) is 24.7. The van der Waals surface area contributed by atoms with Crippen molar-refractivity contribution < 1.29 is 14.7 Å². The molecule has 5 nitrogen and oxygen atoms in total. The van der Waals surface area contributed by atoms with Crippen molar-refractivity contribution in [2.24, 2.45) is 5.92 Å². The Balaban J connectivity index is 1.92. The highest BCUT2D eigenvalue weighted by Crippen LogP contribution is 2.24. The van der Waals surface area contributed by atoms with Crippen molar-refractivity contribution in [1.29, 1.82) is 0 Å². The summed E-state index contributed by atoms with van der Waals surface area (Å²) in [6.45, 7) is 1.30. The predicted octanol–water partition coefficient (Wildman–Crippen LogP) is 2.64. The van der Waals surface area contributed by atoms with E-state index in [1.807, 2.05) is 0 Å². The van der Waals surface area contributed by atoms with Crippen molar-refractivity contribution in [3.8, 4) is 0 Å². The number of carbonyl (C=O) groups is 2. The quantitative estimate of drug-likeness (QED) is 0.837. The van der Waals surface area contributed by atoms with Crippen molar-refractivity contribution in [3.63, 3.8) is 0 Å². The topological polar surface area (TPSA) is 83.6 Å². The first-order valence-corrected chi connectivity index (χ1v) is 7.40. The fourth-order valence-electron chi connectivity index (χ4n) is 2.67. The molecule has 1 saturated heterocycles. The largest absolute Gasteiger partial charge is 0.481 e. The van der Waals surface area contributed by atoms with Crippen molar-refractivity contribution in [2.75, 3.05) is 18.8 Å². The molecule has 2 rings (SSSR count). The summed E-state index contributed by atoms with van der Waals surface area (Å²) in [7, 11) is 0. The molecule has 1 amide bonds. The van der Waals surface area contributed by atoms with Gasteiger partial charge in [-0.15, -0.1) is 0 Å². The molecule has 1 aliphatic rings. The van der Waals surface area contributed by atoms with Gasteiger partial charge in [0.25, 0.3) is 5.91 Å². The smallest absolute Gasteiger partial charge is 0.303 e. The number of aliphatic carboxylic acids is 1. The number of anilines is 1. The van der Waals surface area contributed by atoms with Crippen LogP contribution in [0, 0.1) is 5.92 Å². The van der Waals surface area contributed by atoms with Crippen LogP contribution in [-0.2, 0) is 4.79 Å².